The Morgan fingerprint density at radius 1 is 0.516 bits per heavy atom. The van der Waals surface area contributed by atoms with Crippen molar-refractivity contribution in [3.05, 3.63) is 102 Å². The van der Waals surface area contributed by atoms with Crippen LogP contribution in [0.5, 0.6) is 0 Å². The molecule has 1 aliphatic rings. The molecule has 31 heavy (non-hydrogen) atoms. The largest absolute Gasteiger partial charge is 0.294 e. The van der Waals surface area contributed by atoms with Gasteiger partial charge in [-0.25, -0.2) is 0 Å². The zero-order valence-corrected chi connectivity index (χ0v) is 16.9. The standard InChI is InChI=1S/C30H18O/c31-30-7-3-6-20-12-24-14-22-9-8-21-13-23-10-18-4-1-2-5-19(18)11-25(23)15-27(21)28(22)16-26(24)17-29(20)30/h1-6,8-17H,7H2. The zero-order chi connectivity index (χ0) is 20.5. The van der Waals surface area contributed by atoms with Crippen LogP contribution in [-0.2, 0) is 0 Å². The highest BCUT2D eigenvalue weighted by Crippen LogP contribution is 2.35. The molecule has 1 aliphatic carbocycles. The van der Waals surface area contributed by atoms with Crippen molar-refractivity contribution in [2.75, 3.05) is 0 Å². The van der Waals surface area contributed by atoms with E-state index in [9.17, 15) is 4.79 Å². The second-order valence-corrected chi connectivity index (χ2v) is 8.58. The molecule has 0 bridgehead atoms. The number of benzene rings is 6. The molecular weight excluding hydrogens is 376 g/mol. The number of rotatable bonds is 0. The van der Waals surface area contributed by atoms with Gasteiger partial charge >= 0.3 is 0 Å². The lowest BCUT2D eigenvalue weighted by molar-refractivity contribution is 0.0994. The fourth-order valence-corrected chi connectivity index (χ4v) is 5.10. The molecule has 0 N–H and O–H groups in total. The predicted molar refractivity (Wildman–Crippen MR) is 132 cm³/mol. The topological polar surface area (TPSA) is 17.1 Å². The van der Waals surface area contributed by atoms with Crippen molar-refractivity contribution in [2.24, 2.45) is 0 Å². The third kappa shape index (κ3) is 2.47. The van der Waals surface area contributed by atoms with Gasteiger partial charge in [0.25, 0.3) is 0 Å². The summed E-state index contributed by atoms with van der Waals surface area (Å²) in [4.78, 5) is 12.4. The molecule has 0 aliphatic heterocycles. The van der Waals surface area contributed by atoms with Crippen LogP contribution < -0.4 is 0 Å². The van der Waals surface area contributed by atoms with Gasteiger partial charge in [-0.2, -0.15) is 0 Å². The quantitative estimate of drug-likeness (QED) is 0.188. The monoisotopic (exact) mass is 394 g/mol. The van der Waals surface area contributed by atoms with E-state index in [0.29, 0.717) is 6.42 Å². The Kier molecular flexibility index (Phi) is 3.26. The molecule has 0 saturated carbocycles. The Morgan fingerprint density at radius 2 is 1.06 bits per heavy atom. The number of hydrogen-bond donors (Lipinski definition) is 0. The molecule has 0 heterocycles. The van der Waals surface area contributed by atoms with E-state index in [1.807, 2.05) is 6.08 Å². The predicted octanol–water partition coefficient (Wildman–Crippen LogP) is 8.05. The van der Waals surface area contributed by atoms with Crippen LogP contribution in [-0.4, -0.2) is 5.78 Å². The summed E-state index contributed by atoms with van der Waals surface area (Å²) in [6, 6.07) is 30.9. The SMILES string of the molecule is O=C1CC=Cc2cc3cc4ccc5cc6cc7ccccc7cc6cc5c4cc3cc21. The molecule has 0 radical (unpaired) electrons. The van der Waals surface area contributed by atoms with Crippen molar-refractivity contribution in [3.8, 4) is 0 Å². The summed E-state index contributed by atoms with van der Waals surface area (Å²) in [7, 11) is 0. The van der Waals surface area contributed by atoms with E-state index in [1.54, 1.807) is 0 Å². The molecule has 1 nitrogen and oxygen atoms in total. The first-order valence-corrected chi connectivity index (χ1v) is 10.7. The second-order valence-electron chi connectivity index (χ2n) is 8.58. The lowest BCUT2D eigenvalue weighted by Gasteiger charge is -2.13. The van der Waals surface area contributed by atoms with Crippen molar-refractivity contribution in [1.29, 1.82) is 0 Å². The molecule has 0 unspecified atom stereocenters. The molecule has 0 atom stereocenters. The molecular formula is C30H18O. The van der Waals surface area contributed by atoms with E-state index < -0.39 is 0 Å². The number of ketones is 1. The maximum atomic E-state index is 12.4. The van der Waals surface area contributed by atoms with Gasteiger partial charge in [-0.3, -0.25) is 4.79 Å². The summed E-state index contributed by atoms with van der Waals surface area (Å²) in [5.74, 6) is 0.204. The van der Waals surface area contributed by atoms with Crippen LogP contribution in [0.4, 0.5) is 0 Å². The van der Waals surface area contributed by atoms with Crippen LogP contribution in [0, 0.1) is 0 Å². The third-order valence-corrected chi connectivity index (χ3v) is 6.68. The molecule has 0 spiro atoms. The van der Waals surface area contributed by atoms with Crippen molar-refractivity contribution >= 4 is 65.7 Å². The number of allylic oxidation sites excluding steroid dienone is 1. The van der Waals surface area contributed by atoms with Gasteiger partial charge in [0, 0.05) is 12.0 Å². The number of hydrogen-bond acceptors (Lipinski definition) is 1. The number of carbonyl (C=O) groups is 1. The maximum absolute atomic E-state index is 12.4. The Morgan fingerprint density at radius 3 is 1.74 bits per heavy atom. The van der Waals surface area contributed by atoms with E-state index in [0.717, 1.165) is 16.5 Å². The van der Waals surface area contributed by atoms with Crippen LogP contribution >= 0.6 is 0 Å². The highest BCUT2D eigenvalue weighted by molar-refractivity contribution is 6.17. The van der Waals surface area contributed by atoms with Gasteiger partial charge in [0.15, 0.2) is 5.78 Å². The number of Topliss-reactive ketones (excluding diaryl/α,β-unsaturated/α-hetero) is 1. The van der Waals surface area contributed by atoms with Gasteiger partial charge in [0.05, 0.1) is 0 Å². The first-order chi connectivity index (χ1) is 15.2. The summed E-state index contributed by atoms with van der Waals surface area (Å²) in [6.45, 7) is 0. The van der Waals surface area contributed by atoms with Crippen molar-refractivity contribution < 1.29 is 4.79 Å². The average Bonchev–Trinajstić information content (AvgIpc) is 2.79. The summed E-state index contributed by atoms with van der Waals surface area (Å²) < 4.78 is 0. The molecule has 0 amide bonds. The van der Waals surface area contributed by atoms with Crippen LogP contribution in [0.3, 0.4) is 0 Å². The van der Waals surface area contributed by atoms with Crippen molar-refractivity contribution in [1.82, 2.24) is 0 Å². The average molecular weight is 394 g/mol. The van der Waals surface area contributed by atoms with Gasteiger partial charge in [0.1, 0.15) is 0 Å². The van der Waals surface area contributed by atoms with Gasteiger partial charge < -0.3 is 0 Å². The second kappa shape index (κ2) is 6.02. The summed E-state index contributed by atoms with van der Waals surface area (Å²) in [5.41, 5.74) is 1.87. The Hall–Kier alpha value is -3.97. The first-order valence-electron chi connectivity index (χ1n) is 10.7. The van der Waals surface area contributed by atoms with Crippen molar-refractivity contribution in [2.45, 2.75) is 6.42 Å². The van der Waals surface area contributed by atoms with E-state index in [4.69, 9.17) is 0 Å². The Balaban J connectivity index is 1.57. The summed E-state index contributed by atoms with van der Waals surface area (Å²) in [6.07, 6.45) is 4.52. The third-order valence-electron chi connectivity index (χ3n) is 6.68. The fourth-order valence-electron chi connectivity index (χ4n) is 5.10. The molecule has 7 rings (SSSR count). The summed E-state index contributed by atoms with van der Waals surface area (Å²) in [5, 5.41) is 12.3. The summed E-state index contributed by atoms with van der Waals surface area (Å²) >= 11 is 0. The highest BCUT2D eigenvalue weighted by Gasteiger charge is 2.15. The Labute approximate surface area is 179 Å². The molecule has 6 aromatic carbocycles. The molecule has 144 valence electrons. The molecule has 0 saturated heterocycles. The molecule has 0 aromatic heterocycles. The fraction of sp³-hybridized carbons (Fsp3) is 0.0333. The van der Waals surface area contributed by atoms with Crippen LogP contribution in [0.2, 0.25) is 0 Å². The van der Waals surface area contributed by atoms with Crippen LogP contribution in [0.1, 0.15) is 22.3 Å². The minimum absolute atomic E-state index is 0.204. The first kappa shape index (κ1) is 16.8. The van der Waals surface area contributed by atoms with E-state index in [-0.39, 0.29) is 5.78 Å². The zero-order valence-electron chi connectivity index (χ0n) is 16.9. The van der Waals surface area contributed by atoms with Gasteiger partial charge in [-0.1, -0.05) is 48.6 Å². The van der Waals surface area contributed by atoms with E-state index in [2.05, 4.69) is 91.0 Å². The molecule has 0 fully saturated rings. The molecule has 1 heteroatoms. The highest BCUT2D eigenvalue weighted by atomic mass is 16.1. The maximum Gasteiger partial charge on any atom is 0.167 e. The van der Waals surface area contributed by atoms with Gasteiger partial charge in [0.2, 0.25) is 0 Å². The van der Waals surface area contributed by atoms with Crippen molar-refractivity contribution in [3.63, 3.8) is 0 Å². The van der Waals surface area contributed by atoms with E-state index in [1.165, 1.54) is 48.5 Å². The van der Waals surface area contributed by atoms with Gasteiger partial charge in [-0.05, 0) is 108 Å². The molecule has 6 aromatic rings. The van der Waals surface area contributed by atoms with E-state index >= 15 is 0 Å². The van der Waals surface area contributed by atoms with Crippen LogP contribution in [0.15, 0.2) is 91.0 Å². The minimum atomic E-state index is 0.204. The Bertz CT molecular complexity index is 1770. The normalized spacial score (nSPS) is 13.6. The lowest BCUT2D eigenvalue weighted by Crippen LogP contribution is -2.03. The lowest BCUT2D eigenvalue weighted by atomic mass is 9.90. The van der Waals surface area contributed by atoms with Crippen LogP contribution in [0.25, 0.3) is 59.9 Å². The number of fused-ring (bicyclic) bond motifs is 7. The van der Waals surface area contributed by atoms with Gasteiger partial charge in [-0.15, -0.1) is 0 Å². The minimum Gasteiger partial charge on any atom is -0.294 e. The number of carbonyl (C=O) groups excluding carboxylic acids is 1. The smallest absolute Gasteiger partial charge is 0.167 e.